The normalized spacial score (nSPS) is 16.5. The van der Waals surface area contributed by atoms with Crippen LogP contribution in [-0.4, -0.2) is 9.13 Å². The van der Waals surface area contributed by atoms with Gasteiger partial charge in [0.1, 0.15) is 0 Å². The molecule has 0 N–H and O–H groups in total. The number of nitrogens with zero attached hydrogens (tertiary/aromatic N) is 2. The van der Waals surface area contributed by atoms with Crippen molar-refractivity contribution in [2.24, 2.45) is 11.8 Å². The Labute approximate surface area is 379 Å². The van der Waals surface area contributed by atoms with Gasteiger partial charge in [0.05, 0.1) is 11.0 Å². The Hall–Kier alpha value is -3.08. The Kier molecular flexibility index (Phi) is 15.5. The molecule has 60 heavy (non-hydrogen) atoms. The predicted octanol–water partition coefficient (Wildman–Crippen LogP) is 18.0. The molecule has 6 aromatic rings. The molecular formula is C56H70Br2N2. The number of benzene rings is 4. The van der Waals surface area contributed by atoms with Crippen molar-refractivity contribution in [3.8, 4) is 22.5 Å². The van der Waals surface area contributed by atoms with Gasteiger partial charge >= 0.3 is 0 Å². The highest BCUT2D eigenvalue weighted by molar-refractivity contribution is 9.10. The van der Waals surface area contributed by atoms with E-state index in [2.05, 4.69) is 140 Å². The number of aryl methyl sites for hydroxylation is 2. The van der Waals surface area contributed by atoms with E-state index in [9.17, 15) is 0 Å². The summed E-state index contributed by atoms with van der Waals surface area (Å²) >= 11 is 7.61. The fourth-order valence-corrected chi connectivity index (χ4v) is 11.7. The van der Waals surface area contributed by atoms with Crippen molar-refractivity contribution in [2.75, 3.05) is 0 Å². The van der Waals surface area contributed by atoms with Gasteiger partial charge in [-0.2, -0.15) is 0 Å². The molecule has 0 spiro atoms. The van der Waals surface area contributed by atoms with Crippen LogP contribution in [0.1, 0.15) is 165 Å². The number of halogens is 2. The van der Waals surface area contributed by atoms with Gasteiger partial charge in [-0.3, -0.25) is 0 Å². The lowest BCUT2D eigenvalue weighted by Crippen LogP contribution is -2.16. The fraction of sp³-hybridized carbons (Fsp3) is 0.500. The van der Waals surface area contributed by atoms with Gasteiger partial charge in [0.25, 0.3) is 0 Å². The van der Waals surface area contributed by atoms with Crippen LogP contribution in [0.25, 0.3) is 44.3 Å². The number of aromatic nitrogens is 2. The summed E-state index contributed by atoms with van der Waals surface area (Å²) in [6.07, 6.45) is 32.5. The van der Waals surface area contributed by atoms with Gasteiger partial charge in [-0.25, -0.2) is 0 Å². The molecule has 2 heterocycles. The van der Waals surface area contributed by atoms with Gasteiger partial charge in [-0.1, -0.05) is 186 Å². The zero-order valence-electron chi connectivity index (χ0n) is 36.9. The molecule has 0 radical (unpaired) electrons. The van der Waals surface area contributed by atoms with Crippen molar-refractivity contribution in [3.05, 3.63) is 116 Å². The molecule has 318 valence electrons. The minimum atomic E-state index is 0.784. The second-order valence-corrected chi connectivity index (χ2v) is 20.5. The first-order chi connectivity index (χ1) is 29.5. The van der Waals surface area contributed by atoms with Gasteiger partial charge in [-0.05, 0) is 133 Å². The third kappa shape index (κ3) is 10.2. The summed E-state index contributed by atoms with van der Waals surface area (Å²) in [5.74, 6) is 1.57. The Morgan fingerprint density at radius 1 is 0.450 bits per heavy atom. The molecule has 0 aliphatic heterocycles. The van der Waals surface area contributed by atoms with E-state index in [1.165, 1.54) is 207 Å². The minimum Gasteiger partial charge on any atom is -0.313 e. The molecule has 4 aromatic carbocycles. The maximum Gasteiger partial charge on any atom is 0.0535 e. The van der Waals surface area contributed by atoms with Gasteiger partial charge in [0.2, 0.25) is 0 Å². The van der Waals surface area contributed by atoms with Crippen LogP contribution in [-0.2, 0) is 25.7 Å². The number of hydrogen-bond donors (Lipinski definition) is 0. The molecule has 2 aliphatic carbocycles. The van der Waals surface area contributed by atoms with E-state index >= 15 is 0 Å². The van der Waals surface area contributed by atoms with Crippen LogP contribution in [0.5, 0.6) is 0 Å². The average molecular weight is 931 g/mol. The fourth-order valence-electron chi connectivity index (χ4n) is 11.0. The molecule has 2 nitrogen and oxygen atoms in total. The van der Waals surface area contributed by atoms with E-state index in [-0.39, 0.29) is 0 Å². The molecule has 2 aromatic heterocycles. The summed E-state index contributed by atoms with van der Waals surface area (Å²) in [6.45, 7) is 4.62. The van der Waals surface area contributed by atoms with Crippen LogP contribution in [0.3, 0.4) is 0 Å². The van der Waals surface area contributed by atoms with Gasteiger partial charge in [0.15, 0.2) is 0 Å². The molecule has 0 amide bonds. The number of rotatable bonds is 21. The standard InChI is InChI=1S/C56H70Br2N2/c1-3-5-7-9-11-13-15-17-19-41-21-33-49-51-39-45(57)27-35-53(51)59(55(49)37-41)47-29-23-43(24-30-47)44-25-31-48(32-26-44)60-54-36-28-46(58)40-52(54)50-34-22-42(38-56(50)60)20-18-16-14-12-10-8-6-4-2/h23-32,35-36,39-42H,3-22,33-34,37-38H2,1-2H3. The summed E-state index contributed by atoms with van der Waals surface area (Å²) in [4.78, 5) is 0. The summed E-state index contributed by atoms with van der Waals surface area (Å²) in [5.41, 5.74) is 14.1. The molecule has 0 saturated carbocycles. The van der Waals surface area contributed by atoms with Crippen LogP contribution in [0, 0.1) is 11.8 Å². The molecule has 2 aliphatic rings. The Morgan fingerprint density at radius 3 is 1.20 bits per heavy atom. The minimum absolute atomic E-state index is 0.784. The zero-order chi connectivity index (χ0) is 41.3. The van der Waals surface area contributed by atoms with Crippen molar-refractivity contribution in [3.63, 3.8) is 0 Å². The molecule has 4 heteroatoms. The molecule has 0 fully saturated rings. The van der Waals surface area contributed by atoms with Gasteiger partial charge in [0, 0.05) is 42.5 Å². The Morgan fingerprint density at radius 2 is 0.817 bits per heavy atom. The maximum absolute atomic E-state index is 3.80. The number of fused-ring (bicyclic) bond motifs is 6. The summed E-state index contributed by atoms with van der Waals surface area (Å²) in [7, 11) is 0. The first-order valence-corrected chi connectivity index (χ1v) is 26.0. The SMILES string of the molecule is CCCCCCCCCCC1CCc2c(n(-c3ccc(-c4ccc(-n5c6c(c7cc(Br)ccc75)CCC(CCCCCCCCCC)C6)cc4)cc3)c3ccc(Br)cc23)C1. The first-order valence-electron chi connectivity index (χ1n) is 24.4. The molecule has 2 atom stereocenters. The Balaban J connectivity index is 0.972. The van der Waals surface area contributed by atoms with Gasteiger partial charge in [-0.15, -0.1) is 0 Å². The second kappa shape index (κ2) is 21.3. The van der Waals surface area contributed by atoms with Crippen molar-refractivity contribution in [2.45, 2.75) is 168 Å². The monoisotopic (exact) mass is 928 g/mol. The number of hydrogen-bond acceptors (Lipinski definition) is 0. The average Bonchev–Trinajstić information content (AvgIpc) is 3.76. The van der Waals surface area contributed by atoms with Crippen LogP contribution in [0.15, 0.2) is 93.9 Å². The van der Waals surface area contributed by atoms with E-state index < -0.39 is 0 Å². The van der Waals surface area contributed by atoms with E-state index in [4.69, 9.17) is 0 Å². The van der Waals surface area contributed by atoms with E-state index in [1.807, 2.05) is 0 Å². The van der Waals surface area contributed by atoms with Crippen LogP contribution >= 0.6 is 31.9 Å². The quantitative estimate of drug-likeness (QED) is 0.0637. The predicted molar refractivity (Wildman–Crippen MR) is 266 cm³/mol. The van der Waals surface area contributed by atoms with Crippen molar-refractivity contribution in [1.29, 1.82) is 0 Å². The highest BCUT2D eigenvalue weighted by atomic mass is 79.9. The third-order valence-electron chi connectivity index (χ3n) is 14.4. The summed E-state index contributed by atoms with van der Waals surface area (Å²) in [5, 5.41) is 2.85. The first kappa shape index (κ1) is 43.6. The van der Waals surface area contributed by atoms with Crippen LogP contribution < -0.4 is 0 Å². The molecule has 8 rings (SSSR count). The topological polar surface area (TPSA) is 9.86 Å². The van der Waals surface area contributed by atoms with Crippen molar-refractivity contribution in [1.82, 2.24) is 9.13 Å². The third-order valence-corrected chi connectivity index (χ3v) is 15.4. The molecular weight excluding hydrogens is 860 g/mol. The Bertz CT molecular complexity index is 2130. The smallest absolute Gasteiger partial charge is 0.0535 e. The highest BCUT2D eigenvalue weighted by Crippen LogP contribution is 2.41. The van der Waals surface area contributed by atoms with E-state index in [0.29, 0.717) is 0 Å². The van der Waals surface area contributed by atoms with E-state index in [1.54, 1.807) is 22.5 Å². The molecule has 2 unspecified atom stereocenters. The van der Waals surface area contributed by atoms with Crippen LogP contribution in [0.2, 0.25) is 0 Å². The second-order valence-electron chi connectivity index (χ2n) is 18.7. The maximum atomic E-state index is 3.80. The largest absolute Gasteiger partial charge is 0.313 e. The lowest BCUT2D eigenvalue weighted by Gasteiger charge is -2.25. The van der Waals surface area contributed by atoms with Crippen molar-refractivity contribution < 1.29 is 0 Å². The van der Waals surface area contributed by atoms with Crippen LogP contribution in [0.4, 0.5) is 0 Å². The lowest BCUT2D eigenvalue weighted by atomic mass is 9.83. The summed E-state index contributed by atoms with van der Waals surface area (Å²) < 4.78 is 7.55. The highest BCUT2D eigenvalue weighted by Gasteiger charge is 2.28. The van der Waals surface area contributed by atoms with Gasteiger partial charge < -0.3 is 9.13 Å². The van der Waals surface area contributed by atoms with Crippen molar-refractivity contribution >= 4 is 53.7 Å². The summed E-state index contributed by atoms with van der Waals surface area (Å²) in [6, 6.07) is 32.7. The molecule has 0 bridgehead atoms. The molecule has 0 saturated heterocycles. The lowest BCUT2D eigenvalue weighted by molar-refractivity contribution is 0.399. The zero-order valence-corrected chi connectivity index (χ0v) is 40.0. The van der Waals surface area contributed by atoms with E-state index in [0.717, 1.165) is 11.8 Å². The number of unbranched alkanes of at least 4 members (excludes halogenated alkanes) is 14.